The highest BCUT2D eigenvalue weighted by Crippen LogP contribution is 2.27. The average Bonchev–Trinajstić information content (AvgIpc) is 3.01. The predicted molar refractivity (Wildman–Crippen MR) is 81.5 cm³/mol. The normalized spacial score (nSPS) is 11.5. The number of nitrogens with zero attached hydrogens (tertiary/aromatic N) is 4. The molecule has 3 rings (SSSR count). The Bertz CT molecular complexity index is 739. The third kappa shape index (κ3) is 1.97. The van der Waals surface area contributed by atoms with Crippen LogP contribution >= 0.6 is 27.3 Å². The Morgan fingerprint density at radius 3 is 2.89 bits per heavy atom. The lowest BCUT2D eigenvalue weighted by Gasteiger charge is -2.07. The largest absolute Gasteiger partial charge is 0.369 e. The molecule has 100 valence electrons. The van der Waals surface area contributed by atoms with Crippen molar-refractivity contribution < 1.29 is 0 Å². The quantitative estimate of drug-likeness (QED) is 0.797. The maximum absolute atomic E-state index is 6.06. The minimum absolute atomic E-state index is 0.540. The van der Waals surface area contributed by atoms with Gasteiger partial charge in [-0.3, -0.25) is 4.57 Å². The molecule has 3 aromatic rings. The lowest BCUT2D eigenvalue weighted by molar-refractivity contribution is 0.649. The number of thiophene rings is 1. The summed E-state index contributed by atoms with van der Waals surface area (Å²) in [4.78, 5) is 5.67. The number of rotatable bonds is 3. The first-order valence-corrected chi connectivity index (χ1v) is 7.70. The standard InChI is InChI=1S/C12H14BrN5S/c1-3-18-11-10(7(2)16-18)15-12(14)17(11)6-9-8(13)4-5-19-9/h4-5H,3,6H2,1-2H3,(H2,14,15). The first kappa shape index (κ1) is 12.7. The molecule has 3 aromatic heterocycles. The molecule has 0 saturated heterocycles. The van der Waals surface area contributed by atoms with E-state index in [2.05, 4.69) is 38.3 Å². The van der Waals surface area contributed by atoms with Crippen molar-refractivity contribution in [1.29, 1.82) is 0 Å². The summed E-state index contributed by atoms with van der Waals surface area (Å²) in [6.07, 6.45) is 0. The fraction of sp³-hybridized carbons (Fsp3) is 0.333. The Labute approximate surface area is 123 Å². The van der Waals surface area contributed by atoms with Gasteiger partial charge in [0, 0.05) is 15.9 Å². The van der Waals surface area contributed by atoms with Crippen LogP contribution in [0.25, 0.3) is 11.2 Å². The fourth-order valence-corrected chi connectivity index (χ4v) is 3.66. The maximum Gasteiger partial charge on any atom is 0.202 e. The van der Waals surface area contributed by atoms with Crippen LogP contribution in [0.5, 0.6) is 0 Å². The molecule has 0 aliphatic carbocycles. The van der Waals surface area contributed by atoms with Crippen LogP contribution in [0.15, 0.2) is 15.9 Å². The number of nitrogens with two attached hydrogens (primary N) is 1. The van der Waals surface area contributed by atoms with Gasteiger partial charge in [0.05, 0.1) is 12.2 Å². The van der Waals surface area contributed by atoms with Gasteiger partial charge in [-0.05, 0) is 41.2 Å². The lowest BCUT2D eigenvalue weighted by atomic mass is 10.4. The van der Waals surface area contributed by atoms with Crippen LogP contribution in [0.2, 0.25) is 0 Å². The van der Waals surface area contributed by atoms with Crippen molar-refractivity contribution >= 4 is 44.4 Å². The molecule has 0 aromatic carbocycles. The molecule has 0 saturated carbocycles. The van der Waals surface area contributed by atoms with E-state index in [9.17, 15) is 0 Å². The molecule has 3 heterocycles. The summed E-state index contributed by atoms with van der Waals surface area (Å²) < 4.78 is 5.09. The van der Waals surface area contributed by atoms with Gasteiger partial charge in [0.15, 0.2) is 5.65 Å². The summed E-state index contributed by atoms with van der Waals surface area (Å²) >= 11 is 5.26. The van der Waals surface area contributed by atoms with E-state index in [1.807, 2.05) is 22.2 Å². The van der Waals surface area contributed by atoms with Crippen LogP contribution in [0.3, 0.4) is 0 Å². The van der Waals surface area contributed by atoms with Gasteiger partial charge in [-0.1, -0.05) is 0 Å². The number of nitrogen functional groups attached to an aromatic ring is 1. The SMILES string of the molecule is CCn1nc(C)c2nc(N)n(Cc3sccc3Br)c21. The Hall–Kier alpha value is -1.34. The van der Waals surface area contributed by atoms with Crippen molar-refractivity contribution in [3.8, 4) is 0 Å². The van der Waals surface area contributed by atoms with Crippen molar-refractivity contribution in [3.05, 3.63) is 26.5 Å². The molecule has 0 atom stereocenters. The minimum Gasteiger partial charge on any atom is -0.369 e. The highest BCUT2D eigenvalue weighted by atomic mass is 79.9. The van der Waals surface area contributed by atoms with Crippen LogP contribution in [-0.4, -0.2) is 19.3 Å². The number of fused-ring (bicyclic) bond motifs is 1. The molecule has 0 aliphatic rings. The van der Waals surface area contributed by atoms with Crippen molar-refractivity contribution in [2.24, 2.45) is 0 Å². The van der Waals surface area contributed by atoms with Gasteiger partial charge in [0.2, 0.25) is 5.95 Å². The second-order valence-electron chi connectivity index (χ2n) is 4.32. The molecule has 0 aliphatic heterocycles. The molecule has 0 radical (unpaired) electrons. The van der Waals surface area contributed by atoms with E-state index in [0.29, 0.717) is 12.5 Å². The number of aryl methyl sites for hydroxylation is 2. The Balaban J connectivity index is 2.17. The van der Waals surface area contributed by atoms with Gasteiger partial charge in [0.25, 0.3) is 0 Å². The van der Waals surface area contributed by atoms with Gasteiger partial charge >= 0.3 is 0 Å². The topological polar surface area (TPSA) is 61.7 Å². The second kappa shape index (κ2) is 4.64. The van der Waals surface area contributed by atoms with E-state index in [-0.39, 0.29) is 0 Å². The highest BCUT2D eigenvalue weighted by Gasteiger charge is 2.17. The Kier molecular flexibility index (Phi) is 3.10. The van der Waals surface area contributed by atoms with Gasteiger partial charge in [-0.15, -0.1) is 11.3 Å². The Morgan fingerprint density at radius 1 is 1.47 bits per heavy atom. The molecular weight excluding hydrogens is 326 g/mol. The summed E-state index contributed by atoms with van der Waals surface area (Å²) in [6, 6.07) is 2.05. The molecule has 0 spiro atoms. The van der Waals surface area contributed by atoms with Crippen molar-refractivity contribution in [2.45, 2.75) is 26.9 Å². The summed E-state index contributed by atoms with van der Waals surface area (Å²) in [7, 11) is 0. The first-order valence-electron chi connectivity index (χ1n) is 6.02. The number of aromatic nitrogens is 4. The zero-order valence-corrected chi connectivity index (χ0v) is 13.1. The van der Waals surface area contributed by atoms with Crippen molar-refractivity contribution in [2.75, 3.05) is 5.73 Å². The van der Waals surface area contributed by atoms with Crippen LogP contribution < -0.4 is 5.73 Å². The molecule has 0 amide bonds. The third-order valence-electron chi connectivity index (χ3n) is 3.12. The van der Waals surface area contributed by atoms with Crippen molar-refractivity contribution in [1.82, 2.24) is 19.3 Å². The van der Waals surface area contributed by atoms with Gasteiger partial charge < -0.3 is 5.73 Å². The molecule has 5 nitrogen and oxygen atoms in total. The molecule has 2 N–H and O–H groups in total. The van der Waals surface area contributed by atoms with Gasteiger partial charge in [0.1, 0.15) is 5.52 Å². The molecule has 0 bridgehead atoms. The summed E-state index contributed by atoms with van der Waals surface area (Å²) in [5, 5.41) is 6.55. The molecular formula is C12H14BrN5S. The van der Waals surface area contributed by atoms with Crippen LogP contribution in [0.4, 0.5) is 5.95 Å². The molecule has 7 heteroatoms. The minimum atomic E-state index is 0.540. The smallest absolute Gasteiger partial charge is 0.202 e. The number of hydrogen-bond donors (Lipinski definition) is 1. The summed E-state index contributed by atoms with van der Waals surface area (Å²) in [5.41, 5.74) is 8.87. The van der Waals surface area contributed by atoms with Gasteiger partial charge in [-0.2, -0.15) is 5.10 Å². The fourth-order valence-electron chi connectivity index (χ4n) is 2.20. The van der Waals surface area contributed by atoms with Crippen molar-refractivity contribution in [3.63, 3.8) is 0 Å². The average molecular weight is 340 g/mol. The molecule has 0 unspecified atom stereocenters. The van der Waals surface area contributed by atoms with E-state index >= 15 is 0 Å². The second-order valence-corrected chi connectivity index (χ2v) is 6.18. The van der Waals surface area contributed by atoms with E-state index < -0.39 is 0 Å². The molecule has 0 fully saturated rings. The maximum atomic E-state index is 6.06. The zero-order valence-electron chi connectivity index (χ0n) is 10.7. The van der Waals surface area contributed by atoms with E-state index in [1.165, 1.54) is 4.88 Å². The van der Waals surface area contributed by atoms with Crippen LogP contribution in [-0.2, 0) is 13.1 Å². The Morgan fingerprint density at radius 2 is 2.26 bits per heavy atom. The third-order valence-corrected chi connectivity index (χ3v) is 5.03. The number of hydrogen-bond acceptors (Lipinski definition) is 4. The first-order chi connectivity index (χ1) is 9.11. The highest BCUT2D eigenvalue weighted by molar-refractivity contribution is 9.10. The molecule has 19 heavy (non-hydrogen) atoms. The number of halogens is 1. The van der Waals surface area contributed by atoms with E-state index in [4.69, 9.17) is 5.73 Å². The van der Waals surface area contributed by atoms with E-state index in [1.54, 1.807) is 11.3 Å². The number of anilines is 1. The van der Waals surface area contributed by atoms with E-state index in [0.717, 1.165) is 27.9 Å². The zero-order chi connectivity index (χ0) is 13.6. The van der Waals surface area contributed by atoms with Gasteiger partial charge in [-0.25, -0.2) is 9.67 Å². The van der Waals surface area contributed by atoms with Crippen LogP contribution in [0, 0.1) is 6.92 Å². The van der Waals surface area contributed by atoms with Crippen LogP contribution in [0.1, 0.15) is 17.5 Å². The predicted octanol–water partition coefficient (Wildman–Crippen LogP) is 3.02. The summed E-state index contributed by atoms with van der Waals surface area (Å²) in [6.45, 7) is 5.56. The monoisotopic (exact) mass is 339 g/mol. The summed E-state index contributed by atoms with van der Waals surface area (Å²) in [5.74, 6) is 0.540. The number of imidazole rings is 1. The lowest BCUT2D eigenvalue weighted by Crippen LogP contribution is -2.08.